The van der Waals surface area contributed by atoms with Gasteiger partial charge in [0.05, 0.1) is 5.56 Å². The van der Waals surface area contributed by atoms with E-state index in [0.717, 1.165) is 5.56 Å². The van der Waals surface area contributed by atoms with Crippen molar-refractivity contribution in [3.63, 3.8) is 0 Å². The van der Waals surface area contributed by atoms with E-state index >= 15 is 0 Å². The monoisotopic (exact) mass is 228 g/mol. The van der Waals surface area contributed by atoms with E-state index in [1.54, 1.807) is 0 Å². The van der Waals surface area contributed by atoms with Gasteiger partial charge in [0, 0.05) is 0 Å². The van der Waals surface area contributed by atoms with Gasteiger partial charge in [0.15, 0.2) is 0 Å². The standard InChI is InChI=1S/C11H17ClN2O/c1-7(2)8-9(12)13-6-14-10(8)15-11(3,4)5/h6-7H,1-5H3. The fourth-order valence-electron chi connectivity index (χ4n) is 1.22. The normalized spacial score (nSPS) is 11.9. The first-order valence-electron chi connectivity index (χ1n) is 5.00. The molecule has 0 unspecified atom stereocenters. The Labute approximate surface area is 95.8 Å². The van der Waals surface area contributed by atoms with Gasteiger partial charge in [0.1, 0.15) is 17.1 Å². The average molecular weight is 229 g/mol. The zero-order chi connectivity index (χ0) is 11.6. The van der Waals surface area contributed by atoms with E-state index in [0.29, 0.717) is 11.0 Å². The Bertz CT molecular complexity index is 345. The van der Waals surface area contributed by atoms with Crippen molar-refractivity contribution in [1.82, 2.24) is 9.97 Å². The number of aromatic nitrogens is 2. The first-order chi connectivity index (χ1) is 6.81. The molecule has 0 aromatic carbocycles. The fourth-order valence-corrected chi connectivity index (χ4v) is 1.56. The first kappa shape index (κ1) is 12.2. The van der Waals surface area contributed by atoms with Crippen LogP contribution in [0.15, 0.2) is 6.33 Å². The predicted molar refractivity (Wildman–Crippen MR) is 61.5 cm³/mol. The summed E-state index contributed by atoms with van der Waals surface area (Å²) in [6.45, 7) is 10.0. The van der Waals surface area contributed by atoms with Gasteiger partial charge < -0.3 is 4.74 Å². The number of rotatable bonds is 2. The average Bonchev–Trinajstić information content (AvgIpc) is 1.99. The minimum absolute atomic E-state index is 0.246. The maximum atomic E-state index is 6.02. The van der Waals surface area contributed by atoms with Crippen LogP contribution in [0.2, 0.25) is 5.15 Å². The molecule has 4 heteroatoms. The highest BCUT2D eigenvalue weighted by molar-refractivity contribution is 6.30. The Balaban J connectivity index is 3.12. The Morgan fingerprint density at radius 1 is 1.27 bits per heavy atom. The van der Waals surface area contributed by atoms with Crippen molar-refractivity contribution in [2.75, 3.05) is 0 Å². The lowest BCUT2D eigenvalue weighted by atomic mass is 10.1. The van der Waals surface area contributed by atoms with Crippen LogP contribution in [0.25, 0.3) is 0 Å². The van der Waals surface area contributed by atoms with Crippen LogP contribution in [0.1, 0.15) is 46.1 Å². The van der Waals surface area contributed by atoms with Crippen LogP contribution in [-0.2, 0) is 0 Å². The van der Waals surface area contributed by atoms with E-state index in [2.05, 4.69) is 9.97 Å². The minimum atomic E-state index is -0.276. The maximum absolute atomic E-state index is 6.02. The molecule has 1 aromatic rings. The molecule has 0 atom stereocenters. The van der Waals surface area contributed by atoms with Crippen LogP contribution in [0.4, 0.5) is 0 Å². The van der Waals surface area contributed by atoms with Gasteiger partial charge in [-0.15, -0.1) is 0 Å². The van der Waals surface area contributed by atoms with Crippen molar-refractivity contribution in [1.29, 1.82) is 0 Å². The van der Waals surface area contributed by atoms with Gasteiger partial charge >= 0.3 is 0 Å². The molecule has 1 rings (SSSR count). The van der Waals surface area contributed by atoms with Crippen LogP contribution in [0, 0.1) is 0 Å². The molecule has 1 heterocycles. The van der Waals surface area contributed by atoms with E-state index in [4.69, 9.17) is 16.3 Å². The van der Waals surface area contributed by atoms with E-state index in [1.165, 1.54) is 6.33 Å². The maximum Gasteiger partial charge on any atom is 0.221 e. The molecule has 0 aliphatic rings. The summed E-state index contributed by atoms with van der Waals surface area (Å²) in [6.07, 6.45) is 1.43. The van der Waals surface area contributed by atoms with Gasteiger partial charge in [-0.1, -0.05) is 25.4 Å². The van der Waals surface area contributed by atoms with E-state index in [1.807, 2.05) is 34.6 Å². The third kappa shape index (κ3) is 3.34. The zero-order valence-electron chi connectivity index (χ0n) is 9.84. The molecule has 1 aromatic heterocycles. The van der Waals surface area contributed by atoms with Crippen molar-refractivity contribution in [2.45, 2.75) is 46.1 Å². The van der Waals surface area contributed by atoms with Crippen molar-refractivity contribution in [2.24, 2.45) is 0 Å². The van der Waals surface area contributed by atoms with E-state index < -0.39 is 0 Å². The molecule has 0 N–H and O–H groups in total. The van der Waals surface area contributed by atoms with Crippen LogP contribution in [0.5, 0.6) is 5.88 Å². The second-order valence-corrected chi connectivity index (χ2v) is 5.11. The molecule has 15 heavy (non-hydrogen) atoms. The van der Waals surface area contributed by atoms with Crippen molar-refractivity contribution >= 4 is 11.6 Å². The van der Waals surface area contributed by atoms with Crippen molar-refractivity contribution < 1.29 is 4.74 Å². The van der Waals surface area contributed by atoms with Crippen LogP contribution < -0.4 is 4.74 Å². The summed E-state index contributed by atoms with van der Waals surface area (Å²) < 4.78 is 5.74. The van der Waals surface area contributed by atoms with Crippen LogP contribution in [0.3, 0.4) is 0 Å². The lowest BCUT2D eigenvalue weighted by Crippen LogP contribution is -2.24. The van der Waals surface area contributed by atoms with Gasteiger partial charge in [0.25, 0.3) is 0 Å². The Hall–Kier alpha value is -0.830. The molecular weight excluding hydrogens is 212 g/mol. The Morgan fingerprint density at radius 2 is 1.87 bits per heavy atom. The van der Waals surface area contributed by atoms with Crippen molar-refractivity contribution in [3.8, 4) is 5.88 Å². The molecule has 0 radical (unpaired) electrons. The molecule has 0 fully saturated rings. The summed E-state index contributed by atoms with van der Waals surface area (Å²) >= 11 is 6.02. The number of nitrogens with zero attached hydrogens (tertiary/aromatic N) is 2. The topological polar surface area (TPSA) is 35.0 Å². The highest BCUT2D eigenvalue weighted by Crippen LogP contribution is 2.31. The summed E-state index contributed by atoms with van der Waals surface area (Å²) in [5, 5.41) is 0.472. The van der Waals surface area contributed by atoms with E-state index in [-0.39, 0.29) is 11.5 Å². The van der Waals surface area contributed by atoms with Gasteiger partial charge in [0.2, 0.25) is 5.88 Å². The van der Waals surface area contributed by atoms with E-state index in [9.17, 15) is 0 Å². The summed E-state index contributed by atoms with van der Waals surface area (Å²) in [4.78, 5) is 8.09. The van der Waals surface area contributed by atoms with Gasteiger partial charge in [-0.2, -0.15) is 0 Å². The molecule has 3 nitrogen and oxygen atoms in total. The predicted octanol–water partition coefficient (Wildman–Crippen LogP) is 3.43. The molecule has 0 amide bonds. The van der Waals surface area contributed by atoms with Gasteiger partial charge in [-0.3, -0.25) is 0 Å². The number of hydrogen-bond donors (Lipinski definition) is 0. The highest BCUT2D eigenvalue weighted by Gasteiger charge is 2.20. The molecule has 0 aliphatic heterocycles. The Kier molecular flexibility index (Phi) is 3.55. The summed E-state index contributed by atoms with van der Waals surface area (Å²) in [5.41, 5.74) is 0.593. The molecule has 84 valence electrons. The van der Waals surface area contributed by atoms with Gasteiger partial charge in [-0.05, 0) is 26.7 Å². The second kappa shape index (κ2) is 4.35. The quantitative estimate of drug-likeness (QED) is 0.728. The lowest BCUT2D eigenvalue weighted by Gasteiger charge is -2.23. The first-order valence-corrected chi connectivity index (χ1v) is 5.38. The fraction of sp³-hybridized carbons (Fsp3) is 0.636. The highest BCUT2D eigenvalue weighted by atomic mass is 35.5. The van der Waals surface area contributed by atoms with Crippen molar-refractivity contribution in [3.05, 3.63) is 17.0 Å². The largest absolute Gasteiger partial charge is 0.472 e. The third-order valence-corrected chi connectivity index (χ3v) is 2.08. The molecule has 0 bridgehead atoms. The van der Waals surface area contributed by atoms with Crippen LogP contribution >= 0.6 is 11.6 Å². The SMILES string of the molecule is CC(C)c1c(Cl)ncnc1OC(C)(C)C. The third-order valence-electron chi connectivity index (χ3n) is 1.78. The van der Waals surface area contributed by atoms with Crippen LogP contribution in [-0.4, -0.2) is 15.6 Å². The number of hydrogen-bond acceptors (Lipinski definition) is 3. The second-order valence-electron chi connectivity index (χ2n) is 4.75. The summed E-state index contributed by atoms with van der Waals surface area (Å²) in [5.74, 6) is 0.827. The van der Waals surface area contributed by atoms with Gasteiger partial charge in [-0.25, -0.2) is 9.97 Å². The number of ether oxygens (including phenoxy) is 1. The molecular formula is C11H17ClN2O. The smallest absolute Gasteiger partial charge is 0.221 e. The summed E-state index contributed by atoms with van der Waals surface area (Å²) in [6, 6.07) is 0. The molecule has 0 aliphatic carbocycles. The zero-order valence-corrected chi connectivity index (χ0v) is 10.6. The molecule has 0 saturated heterocycles. The summed E-state index contributed by atoms with van der Waals surface area (Å²) in [7, 11) is 0. The lowest BCUT2D eigenvalue weighted by molar-refractivity contribution is 0.122. The molecule has 0 saturated carbocycles. The minimum Gasteiger partial charge on any atom is -0.472 e. The Morgan fingerprint density at radius 3 is 2.33 bits per heavy atom. The number of halogens is 1. The molecule has 0 spiro atoms.